The molecule has 9 nitrogen and oxygen atoms in total. The van der Waals surface area contributed by atoms with E-state index in [9.17, 15) is 18.0 Å². The molecule has 10 heteroatoms. The Labute approximate surface area is 191 Å². The van der Waals surface area contributed by atoms with Gasteiger partial charge in [0.05, 0.1) is 14.2 Å². The predicted octanol–water partition coefficient (Wildman–Crippen LogP) is 4.20. The molecule has 33 heavy (non-hydrogen) atoms. The van der Waals surface area contributed by atoms with Gasteiger partial charge in [-0.2, -0.15) is 8.42 Å². The van der Waals surface area contributed by atoms with Gasteiger partial charge in [0.15, 0.2) is 5.75 Å². The molecule has 0 spiro atoms. The van der Waals surface area contributed by atoms with Crippen LogP contribution in [0.25, 0.3) is 0 Å². The molecule has 0 fully saturated rings. The van der Waals surface area contributed by atoms with E-state index in [1.165, 1.54) is 37.4 Å². The maximum absolute atomic E-state index is 12.8. The number of methoxy groups -OCH3 is 2. The molecule has 0 aliphatic rings. The minimum absolute atomic E-state index is 0.0751. The Hall–Kier alpha value is -4.05. The van der Waals surface area contributed by atoms with Gasteiger partial charge in [-0.25, -0.2) is 9.59 Å². The molecule has 172 valence electrons. The molecule has 3 aromatic carbocycles. The van der Waals surface area contributed by atoms with Gasteiger partial charge in [-0.15, -0.1) is 0 Å². The molecule has 0 aliphatic heterocycles. The average Bonchev–Trinajstić information content (AvgIpc) is 2.79. The first-order chi connectivity index (χ1) is 15.7. The second-order valence-corrected chi connectivity index (χ2v) is 8.41. The summed E-state index contributed by atoms with van der Waals surface area (Å²) in [6.07, 6.45) is 0. The van der Waals surface area contributed by atoms with E-state index < -0.39 is 22.1 Å². The van der Waals surface area contributed by atoms with Crippen molar-refractivity contribution in [3.8, 4) is 11.5 Å². The van der Waals surface area contributed by atoms with Crippen LogP contribution in [0.15, 0.2) is 71.6 Å². The molecule has 3 aromatic rings. The number of benzene rings is 3. The van der Waals surface area contributed by atoms with Crippen LogP contribution in [-0.4, -0.2) is 34.6 Å². The molecule has 2 N–H and O–H groups in total. The fourth-order valence-corrected chi connectivity index (χ4v) is 3.90. The second-order valence-electron chi connectivity index (χ2n) is 6.86. The van der Waals surface area contributed by atoms with E-state index in [-0.39, 0.29) is 21.9 Å². The molecule has 0 unspecified atom stereocenters. The maximum atomic E-state index is 12.8. The van der Waals surface area contributed by atoms with Crippen molar-refractivity contribution in [2.45, 2.75) is 11.8 Å². The summed E-state index contributed by atoms with van der Waals surface area (Å²) in [6, 6.07) is 16.2. The van der Waals surface area contributed by atoms with Crippen molar-refractivity contribution in [3.63, 3.8) is 0 Å². The Morgan fingerprint density at radius 3 is 2.15 bits per heavy atom. The van der Waals surface area contributed by atoms with E-state index in [0.29, 0.717) is 11.4 Å². The molecular weight excluding hydrogens is 448 g/mol. The van der Waals surface area contributed by atoms with Crippen molar-refractivity contribution in [2.24, 2.45) is 0 Å². The number of nitrogens with one attached hydrogen (secondary N) is 2. The molecule has 0 radical (unpaired) electrons. The van der Waals surface area contributed by atoms with Crippen LogP contribution in [0.1, 0.15) is 15.9 Å². The lowest BCUT2D eigenvalue weighted by Crippen LogP contribution is -2.20. The summed E-state index contributed by atoms with van der Waals surface area (Å²) in [7, 11) is -1.55. The molecule has 0 atom stereocenters. The Morgan fingerprint density at radius 1 is 0.848 bits per heavy atom. The van der Waals surface area contributed by atoms with E-state index in [2.05, 4.69) is 10.6 Å². The van der Waals surface area contributed by atoms with Crippen molar-refractivity contribution in [1.29, 1.82) is 0 Å². The van der Waals surface area contributed by atoms with Crippen molar-refractivity contribution in [2.75, 3.05) is 24.9 Å². The number of carbonyl (C=O) groups excluding carboxylic acids is 2. The van der Waals surface area contributed by atoms with E-state index in [4.69, 9.17) is 13.7 Å². The number of rotatable bonds is 7. The maximum Gasteiger partial charge on any atom is 0.341 e. The SMILES string of the molecule is COC(=O)c1ccc(NC(=O)Nc2ccc(OC)cc2)cc1OS(=O)(=O)c1cccc(C)c1. The lowest BCUT2D eigenvalue weighted by Gasteiger charge is -2.13. The molecule has 0 aliphatic carbocycles. The van der Waals surface area contributed by atoms with Gasteiger partial charge in [-0.3, -0.25) is 0 Å². The van der Waals surface area contributed by atoms with Crippen LogP contribution >= 0.6 is 0 Å². The zero-order chi connectivity index (χ0) is 24.0. The van der Waals surface area contributed by atoms with Gasteiger partial charge in [-0.1, -0.05) is 12.1 Å². The highest BCUT2D eigenvalue weighted by molar-refractivity contribution is 7.87. The van der Waals surface area contributed by atoms with Gasteiger partial charge in [0.2, 0.25) is 0 Å². The van der Waals surface area contributed by atoms with Gasteiger partial charge in [-0.05, 0) is 61.0 Å². The summed E-state index contributed by atoms with van der Waals surface area (Å²) in [5, 5.41) is 5.20. The van der Waals surface area contributed by atoms with E-state index in [0.717, 1.165) is 12.7 Å². The first-order valence-electron chi connectivity index (χ1n) is 9.67. The molecule has 0 bridgehead atoms. The van der Waals surface area contributed by atoms with Gasteiger partial charge in [0, 0.05) is 17.4 Å². The third-order valence-electron chi connectivity index (χ3n) is 4.47. The smallest absolute Gasteiger partial charge is 0.341 e. The molecule has 0 saturated carbocycles. The fourth-order valence-electron chi connectivity index (χ4n) is 2.85. The number of urea groups is 1. The highest BCUT2D eigenvalue weighted by Crippen LogP contribution is 2.28. The lowest BCUT2D eigenvalue weighted by molar-refractivity contribution is 0.0599. The summed E-state index contributed by atoms with van der Waals surface area (Å²) >= 11 is 0. The number of aryl methyl sites for hydroxylation is 1. The summed E-state index contributed by atoms with van der Waals surface area (Å²) < 4.78 is 40.6. The predicted molar refractivity (Wildman–Crippen MR) is 122 cm³/mol. The van der Waals surface area contributed by atoms with Gasteiger partial charge in [0.25, 0.3) is 0 Å². The number of amides is 2. The van der Waals surface area contributed by atoms with Gasteiger partial charge < -0.3 is 24.3 Å². The quantitative estimate of drug-likeness (QED) is 0.392. The normalized spacial score (nSPS) is 10.8. The highest BCUT2D eigenvalue weighted by atomic mass is 32.2. The summed E-state index contributed by atoms with van der Waals surface area (Å²) in [4.78, 5) is 24.4. The number of hydrogen-bond acceptors (Lipinski definition) is 7. The summed E-state index contributed by atoms with van der Waals surface area (Å²) in [5.74, 6) is -0.444. The van der Waals surface area contributed by atoms with Crippen molar-refractivity contribution >= 4 is 33.5 Å². The number of ether oxygens (including phenoxy) is 2. The molecule has 3 rings (SSSR count). The van der Waals surface area contributed by atoms with Crippen molar-refractivity contribution in [1.82, 2.24) is 0 Å². The minimum atomic E-state index is -4.25. The first-order valence-corrected chi connectivity index (χ1v) is 11.1. The zero-order valence-electron chi connectivity index (χ0n) is 18.1. The van der Waals surface area contributed by atoms with Crippen LogP contribution in [0, 0.1) is 6.92 Å². The number of anilines is 2. The standard InChI is InChI=1S/C23H22N2O7S/c1-15-5-4-6-19(13-15)33(28,29)32-21-14-17(9-12-20(21)22(26)31-3)25-23(27)24-16-7-10-18(30-2)11-8-16/h4-14H,1-3H3,(H2,24,25,27). The number of carbonyl (C=O) groups is 2. The first kappa shape index (κ1) is 23.6. The number of hydrogen-bond donors (Lipinski definition) is 2. The van der Waals surface area contributed by atoms with Gasteiger partial charge in [0.1, 0.15) is 16.2 Å². The molecule has 2 amide bonds. The summed E-state index contributed by atoms with van der Waals surface area (Å²) in [6.45, 7) is 1.74. The zero-order valence-corrected chi connectivity index (χ0v) is 18.9. The second kappa shape index (κ2) is 10.0. The number of esters is 1. The molecular formula is C23H22N2O7S. The minimum Gasteiger partial charge on any atom is -0.497 e. The van der Waals surface area contributed by atoms with Crippen LogP contribution in [-0.2, 0) is 14.9 Å². The third-order valence-corrected chi connectivity index (χ3v) is 5.70. The molecule has 0 aromatic heterocycles. The molecule has 0 heterocycles. The van der Waals surface area contributed by atoms with E-state index >= 15 is 0 Å². The Kier molecular flexibility index (Phi) is 7.19. The van der Waals surface area contributed by atoms with Crippen molar-refractivity contribution in [3.05, 3.63) is 77.9 Å². The summed E-state index contributed by atoms with van der Waals surface area (Å²) in [5.41, 5.74) is 1.31. The molecule has 0 saturated heterocycles. The third kappa shape index (κ3) is 6.01. The fraction of sp³-hybridized carbons (Fsp3) is 0.130. The van der Waals surface area contributed by atoms with Crippen LogP contribution in [0.2, 0.25) is 0 Å². The van der Waals surface area contributed by atoms with Crippen LogP contribution in [0.4, 0.5) is 16.2 Å². The Bertz CT molecular complexity index is 1270. The monoisotopic (exact) mass is 470 g/mol. The van der Waals surface area contributed by atoms with E-state index in [1.54, 1.807) is 43.3 Å². The Morgan fingerprint density at radius 2 is 1.52 bits per heavy atom. The topological polar surface area (TPSA) is 120 Å². The largest absolute Gasteiger partial charge is 0.497 e. The average molecular weight is 471 g/mol. The highest BCUT2D eigenvalue weighted by Gasteiger charge is 2.22. The lowest BCUT2D eigenvalue weighted by atomic mass is 10.2. The Balaban J connectivity index is 1.84. The van der Waals surface area contributed by atoms with Gasteiger partial charge >= 0.3 is 22.1 Å². The van der Waals surface area contributed by atoms with Crippen LogP contribution in [0.5, 0.6) is 11.5 Å². The van der Waals surface area contributed by atoms with Crippen LogP contribution in [0.3, 0.4) is 0 Å². The van der Waals surface area contributed by atoms with Crippen LogP contribution < -0.4 is 19.6 Å². The van der Waals surface area contributed by atoms with E-state index in [1.807, 2.05) is 0 Å². The van der Waals surface area contributed by atoms with Crippen molar-refractivity contribution < 1.29 is 31.7 Å².